The monoisotopic (exact) mass is 341 g/mol. The van der Waals surface area contributed by atoms with Crippen LogP contribution in [0.5, 0.6) is 0 Å². The van der Waals surface area contributed by atoms with Gasteiger partial charge in [0.1, 0.15) is 0 Å². The third-order valence-corrected chi connectivity index (χ3v) is 3.48. The summed E-state index contributed by atoms with van der Waals surface area (Å²) in [5, 5.41) is 14.8. The summed E-state index contributed by atoms with van der Waals surface area (Å²) < 4.78 is 39.6. The standard InChI is InChI=1S/C16H18F3N3O2/c1-22-9-3-6-13(22)14(23)7-8-20-15(24)21-12-5-2-4-11(10-12)16(17,18)19/h2-6,9-10,14,23H,7-8H2,1H3,(H2,20,21,24)/t14-/m1/s1. The van der Waals surface area contributed by atoms with Gasteiger partial charge in [0, 0.05) is 31.2 Å². The smallest absolute Gasteiger partial charge is 0.387 e. The molecule has 0 bridgehead atoms. The van der Waals surface area contributed by atoms with Crippen LogP contribution in [0.1, 0.15) is 23.8 Å². The fraction of sp³-hybridized carbons (Fsp3) is 0.312. The Morgan fingerprint density at radius 1 is 1.29 bits per heavy atom. The average Bonchev–Trinajstić information content (AvgIpc) is 2.92. The quantitative estimate of drug-likeness (QED) is 0.781. The van der Waals surface area contributed by atoms with Crippen molar-refractivity contribution in [3.8, 4) is 0 Å². The number of benzene rings is 1. The highest BCUT2D eigenvalue weighted by molar-refractivity contribution is 5.89. The number of hydrogen-bond acceptors (Lipinski definition) is 2. The van der Waals surface area contributed by atoms with Crippen LogP contribution >= 0.6 is 0 Å². The van der Waals surface area contributed by atoms with E-state index in [0.717, 1.165) is 17.8 Å². The normalized spacial score (nSPS) is 12.7. The van der Waals surface area contributed by atoms with Gasteiger partial charge in [-0.3, -0.25) is 0 Å². The van der Waals surface area contributed by atoms with E-state index in [1.807, 2.05) is 0 Å². The number of aliphatic hydroxyl groups excluding tert-OH is 1. The van der Waals surface area contributed by atoms with Crippen molar-refractivity contribution >= 4 is 11.7 Å². The lowest BCUT2D eigenvalue weighted by atomic mass is 10.2. The van der Waals surface area contributed by atoms with E-state index in [-0.39, 0.29) is 18.7 Å². The van der Waals surface area contributed by atoms with Crippen LogP contribution in [0.3, 0.4) is 0 Å². The largest absolute Gasteiger partial charge is 0.416 e. The summed E-state index contributed by atoms with van der Waals surface area (Å²) in [6, 6.07) is 7.32. The van der Waals surface area contributed by atoms with Gasteiger partial charge in [-0.05, 0) is 36.8 Å². The van der Waals surface area contributed by atoms with E-state index < -0.39 is 23.9 Å². The first kappa shape index (κ1) is 17.9. The molecule has 0 fully saturated rings. The third-order valence-electron chi connectivity index (χ3n) is 3.48. The number of carbonyl (C=O) groups is 1. The highest BCUT2D eigenvalue weighted by atomic mass is 19.4. The number of carbonyl (C=O) groups excluding carboxylic acids is 1. The molecule has 0 aliphatic carbocycles. The third kappa shape index (κ3) is 4.76. The van der Waals surface area contributed by atoms with Gasteiger partial charge >= 0.3 is 12.2 Å². The van der Waals surface area contributed by atoms with Gasteiger partial charge in [0.15, 0.2) is 0 Å². The van der Waals surface area contributed by atoms with Crippen molar-refractivity contribution in [2.24, 2.45) is 7.05 Å². The van der Waals surface area contributed by atoms with Crippen molar-refractivity contribution in [1.29, 1.82) is 0 Å². The minimum atomic E-state index is -4.46. The minimum absolute atomic E-state index is 0.0466. The van der Waals surface area contributed by atoms with E-state index in [1.54, 1.807) is 29.9 Å². The maximum absolute atomic E-state index is 12.6. The second-order valence-electron chi connectivity index (χ2n) is 5.31. The predicted octanol–water partition coefficient (Wildman–Crippen LogP) is 3.29. The molecule has 0 aliphatic rings. The number of rotatable bonds is 5. The average molecular weight is 341 g/mol. The molecule has 24 heavy (non-hydrogen) atoms. The van der Waals surface area contributed by atoms with E-state index in [9.17, 15) is 23.1 Å². The van der Waals surface area contributed by atoms with Crippen LogP contribution in [-0.2, 0) is 13.2 Å². The van der Waals surface area contributed by atoms with Crippen LogP contribution in [-0.4, -0.2) is 22.2 Å². The number of nitrogens with one attached hydrogen (secondary N) is 2. The van der Waals surface area contributed by atoms with E-state index in [0.29, 0.717) is 0 Å². The number of halogens is 3. The lowest BCUT2D eigenvalue weighted by molar-refractivity contribution is -0.137. The molecule has 1 atom stereocenters. The topological polar surface area (TPSA) is 66.3 Å². The summed E-state index contributed by atoms with van der Waals surface area (Å²) in [4.78, 5) is 11.7. The van der Waals surface area contributed by atoms with Gasteiger partial charge < -0.3 is 20.3 Å². The molecule has 1 aromatic heterocycles. The summed E-state index contributed by atoms with van der Waals surface area (Å²) in [5.74, 6) is 0. The molecule has 0 saturated heterocycles. The molecule has 3 N–H and O–H groups in total. The first-order valence-corrected chi connectivity index (χ1v) is 7.29. The number of hydrogen-bond donors (Lipinski definition) is 3. The zero-order chi connectivity index (χ0) is 17.7. The first-order valence-electron chi connectivity index (χ1n) is 7.29. The van der Waals surface area contributed by atoms with E-state index >= 15 is 0 Å². The molecule has 0 aliphatic heterocycles. The molecular formula is C16H18F3N3O2. The number of aryl methyl sites for hydroxylation is 1. The molecule has 0 saturated carbocycles. The Labute approximate surface area is 137 Å². The predicted molar refractivity (Wildman–Crippen MR) is 83.5 cm³/mol. The van der Waals surface area contributed by atoms with Crippen LogP contribution < -0.4 is 10.6 Å². The number of alkyl halides is 3. The Bertz CT molecular complexity index is 698. The molecule has 8 heteroatoms. The molecule has 0 spiro atoms. The zero-order valence-electron chi connectivity index (χ0n) is 13.0. The van der Waals surface area contributed by atoms with Crippen molar-refractivity contribution in [2.45, 2.75) is 18.7 Å². The summed E-state index contributed by atoms with van der Waals surface area (Å²) in [7, 11) is 1.80. The number of nitrogens with zero attached hydrogens (tertiary/aromatic N) is 1. The van der Waals surface area contributed by atoms with Crippen molar-refractivity contribution < 1.29 is 23.1 Å². The van der Waals surface area contributed by atoms with Gasteiger partial charge in [0.2, 0.25) is 0 Å². The Morgan fingerprint density at radius 3 is 2.67 bits per heavy atom. The fourth-order valence-electron chi connectivity index (χ4n) is 2.24. The number of anilines is 1. The zero-order valence-corrected chi connectivity index (χ0v) is 13.0. The lowest BCUT2D eigenvalue weighted by Crippen LogP contribution is -2.30. The van der Waals surface area contributed by atoms with Gasteiger partial charge in [-0.1, -0.05) is 6.07 Å². The Balaban J connectivity index is 1.83. The van der Waals surface area contributed by atoms with E-state index in [1.165, 1.54) is 12.1 Å². The van der Waals surface area contributed by atoms with Crippen molar-refractivity contribution in [1.82, 2.24) is 9.88 Å². The Kier molecular flexibility index (Phi) is 5.50. The summed E-state index contributed by atoms with van der Waals surface area (Å²) in [6.07, 6.45) is -3.12. The van der Waals surface area contributed by atoms with Gasteiger partial charge in [0.05, 0.1) is 11.7 Å². The van der Waals surface area contributed by atoms with Crippen LogP contribution in [0.25, 0.3) is 0 Å². The van der Waals surface area contributed by atoms with E-state index in [2.05, 4.69) is 10.6 Å². The van der Waals surface area contributed by atoms with Gasteiger partial charge in [0.25, 0.3) is 0 Å². The molecule has 5 nitrogen and oxygen atoms in total. The highest BCUT2D eigenvalue weighted by Gasteiger charge is 2.30. The second-order valence-corrected chi connectivity index (χ2v) is 5.31. The summed E-state index contributed by atoms with van der Waals surface area (Å²) >= 11 is 0. The molecule has 1 heterocycles. The molecule has 2 rings (SSSR count). The highest BCUT2D eigenvalue weighted by Crippen LogP contribution is 2.30. The van der Waals surface area contributed by atoms with Crippen molar-refractivity contribution in [3.63, 3.8) is 0 Å². The number of amides is 2. The number of aromatic nitrogens is 1. The maximum atomic E-state index is 12.6. The maximum Gasteiger partial charge on any atom is 0.416 e. The van der Waals surface area contributed by atoms with Crippen LogP contribution in [0.4, 0.5) is 23.7 Å². The Hall–Kier alpha value is -2.48. The summed E-state index contributed by atoms with van der Waals surface area (Å²) in [6.45, 7) is 0.178. The van der Waals surface area contributed by atoms with Gasteiger partial charge in [-0.15, -0.1) is 0 Å². The lowest BCUT2D eigenvalue weighted by Gasteiger charge is -2.13. The minimum Gasteiger partial charge on any atom is -0.387 e. The summed E-state index contributed by atoms with van der Waals surface area (Å²) in [5.41, 5.74) is -0.0696. The SMILES string of the molecule is Cn1cccc1[C@H](O)CCNC(=O)Nc1cccc(C(F)(F)F)c1. The molecule has 1 aromatic carbocycles. The van der Waals surface area contributed by atoms with Crippen LogP contribution in [0.15, 0.2) is 42.6 Å². The van der Waals surface area contributed by atoms with E-state index in [4.69, 9.17) is 0 Å². The fourth-order valence-corrected chi connectivity index (χ4v) is 2.24. The van der Waals surface area contributed by atoms with Crippen LogP contribution in [0, 0.1) is 0 Å². The van der Waals surface area contributed by atoms with Gasteiger partial charge in [-0.2, -0.15) is 13.2 Å². The second kappa shape index (κ2) is 7.39. The molecule has 2 aromatic rings. The Morgan fingerprint density at radius 2 is 2.04 bits per heavy atom. The first-order chi connectivity index (χ1) is 11.3. The molecule has 0 radical (unpaired) electrons. The van der Waals surface area contributed by atoms with Crippen LogP contribution in [0.2, 0.25) is 0 Å². The molecular weight excluding hydrogens is 323 g/mol. The molecule has 2 amide bonds. The number of urea groups is 1. The van der Waals surface area contributed by atoms with Gasteiger partial charge in [-0.25, -0.2) is 4.79 Å². The molecule has 130 valence electrons. The molecule has 0 unspecified atom stereocenters. The van der Waals surface area contributed by atoms with Crippen molar-refractivity contribution in [2.75, 3.05) is 11.9 Å². The van der Waals surface area contributed by atoms with Crippen molar-refractivity contribution in [3.05, 3.63) is 53.9 Å². The number of aliphatic hydroxyl groups is 1.